The summed E-state index contributed by atoms with van der Waals surface area (Å²) in [5.74, 6) is -2.54. The Kier molecular flexibility index (Phi) is 4.61. The van der Waals surface area contributed by atoms with Crippen LogP contribution < -0.4 is 20.1 Å². The number of hydrogen-bond acceptors (Lipinski definition) is 6. The van der Waals surface area contributed by atoms with Gasteiger partial charge in [0, 0.05) is 0 Å². The smallest absolute Gasteiger partial charge is 0.437 e. The molecule has 11 heteroatoms. The fourth-order valence-electron chi connectivity index (χ4n) is 2.92. The second kappa shape index (κ2) is 6.47. The number of ether oxygens (including phenoxy) is 3. The first-order chi connectivity index (χ1) is 12.2. The molecular formula is C15H15F3N2O5S. The standard InChI is InChI=1S/C15H15F3N2O5S/c1-2-23-12(21)10-11(7-3-4-8-9(5-7)25-6-24-8)19-13(26)20-14(10,22)15(16,17)18/h3-5,10-11,22H,2,6H2,1H3,(H2,19,20,26)/t10-,11-,14-/m1/s1. The summed E-state index contributed by atoms with van der Waals surface area (Å²) in [6.07, 6.45) is -5.19. The van der Waals surface area contributed by atoms with Gasteiger partial charge < -0.3 is 30.0 Å². The average Bonchev–Trinajstić information content (AvgIpc) is 3.00. The van der Waals surface area contributed by atoms with Gasteiger partial charge in [-0.15, -0.1) is 0 Å². The summed E-state index contributed by atoms with van der Waals surface area (Å²) in [5, 5.41) is 14.3. The molecule has 26 heavy (non-hydrogen) atoms. The zero-order valence-corrected chi connectivity index (χ0v) is 14.2. The van der Waals surface area contributed by atoms with Gasteiger partial charge in [0.15, 0.2) is 16.6 Å². The molecular weight excluding hydrogens is 377 g/mol. The van der Waals surface area contributed by atoms with E-state index < -0.39 is 34.9 Å². The van der Waals surface area contributed by atoms with Crippen LogP contribution in [0, 0.1) is 5.92 Å². The van der Waals surface area contributed by atoms with Crippen molar-refractivity contribution in [1.29, 1.82) is 0 Å². The largest absolute Gasteiger partial charge is 0.466 e. The highest BCUT2D eigenvalue weighted by atomic mass is 32.1. The van der Waals surface area contributed by atoms with Gasteiger partial charge in [-0.2, -0.15) is 13.2 Å². The lowest BCUT2D eigenvalue weighted by molar-refractivity contribution is -0.292. The molecule has 0 aromatic heterocycles. The van der Waals surface area contributed by atoms with Gasteiger partial charge in [-0.1, -0.05) is 6.07 Å². The minimum absolute atomic E-state index is 0.0232. The zero-order chi connectivity index (χ0) is 19.1. The lowest BCUT2D eigenvalue weighted by Gasteiger charge is -2.45. The molecule has 1 fully saturated rings. The third-order valence-corrected chi connectivity index (χ3v) is 4.32. The van der Waals surface area contributed by atoms with Crippen LogP contribution in [0.1, 0.15) is 18.5 Å². The second-order valence-electron chi connectivity index (χ2n) is 5.68. The molecule has 1 aromatic rings. The maximum absolute atomic E-state index is 13.6. The first kappa shape index (κ1) is 18.5. The van der Waals surface area contributed by atoms with Crippen LogP contribution in [0.25, 0.3) is 0 Å². The Morgan fingerprint density at radius 1 is 1.42 bits per heavy atom. The number of carbonyl (C=O) groups is 1. The molecule has 3 N–H and O–H groups in total. The number of carbonyl (C=O) groups excluding carboxylic acids is 1. The van der Waals surface area contributed by atoms with Crippen LogP contribution in [-0.4, -0.2) is 41.5 Å². The second-order valence-corrected chi connectivity index (χ2v) is 6.09. The molecule has 7 nitrogen and oxygen atoms in total. The van der Waals surface area contributed by atoms with E-state index in [-0.39, 0.29) is 19.0 Å². The van der Waals surface area contributed by atoms with Crippen LogP contribution in [-0.2, 0) is 9.53 Å². The lowest BCUT2D eigenvalue weighted by Crippen LogP contribution is -2.73. The molecule has 1 saturated heterocycles. The van der Waals surface area contributed by atoms with Crippen LogP contribution >= 0.6 is 12.2 Å². The number of alkyl halides is 3. The molecule has 0 amide bonds. The van der Waals surface area contributed by atoms with E-state index in [1.165, 1.54) is 25.1 Å². The highest BCUT2D eigenvalue weighted by Crippen LogP contribution is 2.44. The van der Waals surface area contributed by atoms with Crippen molar-refractivity contribution in [2.24, 2.45) is 5.92 Å². The third kappa shape index (κ3) is 3.01. The van der Waals surface area contributed by atoms with Crippen molar-refractivity contribution in [3.8, 4) is 11.5 Å². The number of halogens is 3. The highest BCUT2D eigenvalue weighted by molar-refractivity contribution is 7.80. The van der Waals surface area contributed by atoms with Crippen molar-refractivity contribution in [2.45, 2.75) is 24.9 Å². The molecule has 2 aliphatic rings. The van der Waals surface area contributed by atoms with Crippen LogP contribution in [0.15, 0.2) is 18.2 Å². The highest BCUT2D eigenvalue weighted by Gasteiger charge is 2.66. The SMILES string of the molecule is CCOC(=O)[C@H]1[C@@H](c2ccc3c(c2)OCO3)NC(=S)N[C@]1(O)C(F)(F)F. The third-order valence-electron chi connectivity index (χ3n) is 4.10. The Labute approximate surface area is 151 Å². The van der Waals surface area contributed by atoms with E-state index in [0.29, 0.717) is 11.5 Å². The zero-order valence-electron chi connectivity index (χ0n) is 13.4. The minimum Gasteiger partial charge on any atom is -0.466 e. The van der Waals surface area contributed by atoms with E-state index in [1.54, 1.807) is 5.32 Å². The summed E-state index contributed by atoms with van der Waals surface area (Å²) in [7, 11) is 0. The van der Waals surface area contributed by atoms with Crippen LogP contribution in [0.5, 0.6) is 11.5 Å². The number of rotatable bonds is 3. The summed E-state index contributed by atoms with van der Waals surface area (Å²) >= 11 is 4.81. The van der Waals surface area contributed by atoms with Gasteiger partial charge in [0.25, 0.3) is 5.72 Å². The number of benzene rings is 1. The molecule has 3 atom stereocenters. The van der Waals surface area contributed by atoms with Gasteiger partial charge >= 0.3 is 12.1 Å². The Morgan fingerprint density at radius 2 is 2.12 bits per heavy atom. The minimum atomic E-state index is -5.19. The van der Waals surface area contributed by atoms with E-state index in [1.807, 2.05) is 0 Å². The molecule has 2 aliphatic heterocycles. The molecule has 0 spiro atoms. The van der Waals surface area contributed by atoms with Gasteiger partial charge in [0.1, 0.15) is 5.92 Å². The number of esters is 1. The molecule has 0 aliphatic carbocycles. The van der Waals surface area contributed by atoms with Crippen molar-refractivity contribution in [1.82, 2.24) is 10.6 Å². The number of hydrogen-bond donors (Lipinski definition) is 3. The topological polar surface area (TPSA) is 89.1 Å². The van der Waals surface area contributed by atoms with Crippen molar-refractivity contribution < 1.29 is 37.3 Å². The number of nitrogens with one attached hydrogen (secondary N) is 2. The maximum atomic E-state index is 13.6. The molecule has 3 rings (SSSR count). The lowest BCUT2D eigenvalue weighted by atomic mass is 9.82. The van der Waals surface area contributed by atoms with Gasteiger partial charge in [-0.3, -0.25) is 4.79 Å². The van der Waals surface area contributed by atoms with Gasteiger partial charge in [-0.25, -0.2) is 0 Å². The first-order valence-corrected chi connectivity index (χ1v) is 8.02. The quantitative estimate of drug-likeness (QED) is 0.525. The summed E-state index contributed by atoms with van der Waals surface area (Å²) in [4.78, 5) is 12.3. The summed E-state index contributed by atoms with van der Waals surface area (Å²) < 4.78 is 56.0. The van der Waals surface area contributed by atoms with Crippen molar-refractivity contribution in [3.63, 3.8) is 0 Å². The Morgan fingerprint density at radius 3 is 2.77 bits per heavy atom. The molecule has 142 valence electrons. The van der Waals surface area contributed by atoms with E-state index >= 15 is 0 Å². The van der Waals surface area contributed by atoms with Gasteiger partial charge in [-0.05, 0) is 36.8 Å². The van der Waals surface area contributed by atoms with Crippen LogP contribution in [0.3, 0.4) is 0 Å². The van der Waals surface area contributed by atoms with Crippen molar-refractivity contribution in [3.05, 3.63) is 23.8 Å². The average molecular weight is 392 g/mol. The van der Waals surface area contributed by atoms with Gasteiger partial charge in [0.2, 0.25) is 6.79 Å². The monoisotopic (exact) mass is 392 g/mol. The molecule has 0 radical (unpaired) electrons. The summed E-state index contributed by atoms with van der Waals surface area (Å²) in [6, 6.07) is 3.09. The first-order valence-electron chi connectivity index (χ1n) is 7.61. The normalized spacial score (nSPS) is 27.5. The molecule has 2 heterocycles. The Balaban J connectivity index is 2.08. The van der Waals surface area contributed by atoms with E-state index in [4.69, 9.17) is 26.4 Å². The van der Waals surface area contributed by atoms with Gasteiger partial charge in [0.05, 0.1) is 12.6 Å². The number of fused-ring (bicyclic) bond motifs is 1. The summed E-state index contributed by atoms with van der Waals surface area (Å²) in [5.41, 5.74) is -3.35. The maximum Gasteiger partial charge on any atom is 0.437 e. The predicted octanol–water partition coefficient (Wildman–Crippen LogP) is 1.36. The van der Waals surface area contributed by atoms with Crippen molar-refractivity contribution >= 4 is 23.3 Å². The molecule has 0 bridgehead atoms. The summed E-state index contributed by atoms with van der Waals surface area (Å²) in [6.45, 7) is 1.28. The molecule has 0 saturated carbocycles. The predicted molar refractivity (Wildman–Crippen MR) is 85.3 cm³/mol. The number of aliphatic hydroxyl groups is 1. The fraction of sp³-hybridized carbons (Fsp3) is 0.467. The fourth-order valence-corrected chi connectivity index (χ4v) is 3.20. The molecule has 0 unspecified atom stereocenters. The Bertz CT molecular complexity index is 744. The van der Waals surface area contributed by atoms with E-state index in [9.17, 15) is 23.1 Å². The molecule has 1 aromatic carbocycles. The van der Waals surface area contributed by atoms with E-state index in [2.05, 4.69) is 5.32 Å². The van der Waals surface area contributed by atoms with Crippen LogP contribution in [0.4, 0.5) is 13.2 Å². The van der Waals surface area contributed by atoms with E-state index in [0.717, 1.165) is 0 Å². The Hall–Kier alpha value is -2.27. The number of thiocarbonyl (C=S) groups is 1. The van der Waals surface area contributed by atoms with Crippen molar-refractivity contribution in [2.75, 3.05) is 13.4 Å². The van der Waals surface area contributed by atoms with Crippen LogP contribution in [0.2, 0.25) is 0 Å².